The van der Waals surface area contributed by atoms with Crippen molar-refractivity contribution in [1.29, 1.82) is 0 Å². The van der Waals surface area contributed by atoms with E-state index in [1.165, 1.54) is 0 Å². The van der Waals surface area contributed by atoms with E-state index < -0.39 is 0 Å². The first kappa shape index (κ1) is 31.2. The fraction of sp³-hybridized carbons (Fsp3) is 0.0417. The lowest BCUT2D eigenvalue weighted by Crippen LogP contribution is -1.94. The number of para-hydroxylation sites is 3. The van der Waals surface area contributed by atoms with E-state index in [2.05, 4.69) is 140 Å². The molecule has 0 aliphatic carbocycles. The van der Waals surface area contributed by atoms with Crippen molar-refractivity contribution in [1.82, 2.24) is 9.97 Å². The Hall–Kier alpha value is -6.78. The summed E-state index contributed by atoms with van der Waals surface area (Å²) in [4.78, 5) is 10.2. The number of aromatic nitrogens is 2. The minimum atomic E-state index is 0.784. The Morgan fingerprint density at radius 1 is 0.404 bits per heavy atom. The number of hydrogen-bond acceptors (Lipinski definition) is 4. The first-order chi connectivity index (χ1) is 25.6. The van der Waals surface area contributed by atoms with E-state index in [4.69, 9.17) is 19.1 Å². The standard InChI is InChI=1S/C48H34N2O2/c1-31-26-37(39-22-13-24-41-40-23-12-21-38(47(40)52-48(39)41)33-16-7-4-8-17-33)30-43(49-31)34-18-11-19-35(27-34)44-28-36(32-14-5-3-6-15-32)29-45(50-44)42-20-9-10-25-46(42)51-2/h3-30H,1-2H3. The molecule has 0 unspecified atom stereocenters. The van der Waals surface area contributed by atoms with Gasteiger partial charge in [0, 0.05) is 44.3 Å². The van der Waals surface area contributed by atoms with E-state index in [-0.39, 0.29) is 0 Å². The van der Waals surface area contributed by atoms with Crippen LogP contribution in [0.3, 0.4) is 0 Å². The highest BCUT2D eigenvalue weighted by atomic mass is 16.5. The van der Waals surface area contributed by atoms with Crippen LogP contribution in [-0.2, 0) is 0 Å². The molecule has 4 nitrogen and oxygen atoms in total. The van der Waals surface area contributed by atoms with Gasteiger partial charge in [0.15, 0.2) is 0 Å². The van der Waals surface area contributed by atoms with Crippen molar-refractivity contribution >= 4 is 21.9 Å². The zero-order valence-electron chi connectivity index (χ0n) is 28.9. The van der Waals surface area contributed by atoms with Crippen molar-refractivity contribution in [3.63, 3.8) is 0 Å². The van der Waals surface area contributed by atoms with Crippen molar-refractivity contribution in [2.45, 2.75) is 6.92 Å². The molecule has 52 heavy (non-hydrogen) atoms. The second-order valence-electron chi connectivity index (χ2n) is 13.0. The van der Waals surface area contributed by atoms with Gasteiger partial charge in [0.25, 0.3) is 0 Å². The molecule has 0 aliphatic heterocycles. The summed E-state index contributed by atoms with van der Waals surface area (Å²) in [6.45, 7) is 2.05. The van der Waals surface area contributed by atoms with Gasteiger partial charge in [-0.25, -0.2) is 4.98 Å². The van der Waals surface area contributed by atoms with Gasteiger partial charge < -0.3 is 9.15 Å². The monoisotopic (exact) mass is 670 g/mol. The molecule has 3 aromatic heterocycles. The van der Waals surface area contributed by atoms with E-state index in [0.717, 1.165) is 101 Å². The zero-order valence-corrected chi connectivity index (χ0v) is 28.9. The molecular formula is C48H34N2O2. The van der Waals surface area contributed by atoms with E-state index >= 15 is 0 Å². The van der Waals surface area contributed by atoms with Gasteiger partial charge in [-0.15, -0.1) is 0 Å². The van der Waals surface area contributed by atoms with Crippen LogP contribution in [0.1, 0.15) is 5.69 Å². The van der Waals surface area contributed by atoms with E-state index in [1.807, 2.05) is 37.3 Å². The maximum Gasteiger partial charge on any atom is 0.143 e. The highest BCUT2D eigenvalue weighted by Gasteiger charge is 2.17. The number of methoxy groups -OCH3 is 1. The van der Waals surface area contributed by atoms with Crippen LogP contribution in [0.25, 0.3) is 89.1 Å². The van der Waals surface area contributed by atoms with Crippen LogP contribution in [0.4, 0.5) is 0 Å². The number of fused-ring (bicyclic) bond motifs is 3. The van der Waals surface area contributed by atoms with Gasteiger partial charge in [-0.3, -0.25) is 4.98 Å². The number of furan rings is 1. The summed E-state index contributed by atoms with van der Waals surface area (Å²) >= 11 is 0. The average Bonchev–Trinajstić information content (AvgIpc) is 3.60. The van der Waals surface area contributed by atoms with Gasteiger partial charge in [-0.05, 0) is 71.6 Å². The Morgan fingerprint density at radius 2 is 0.923 bits per heavy atom. The smallest absolute Gasteiger partial charge is 0.143 e. The molecule has 0 aliphatic rings. The van der Waals surface area contributed by atoms with Crippen LogP contribution in [0.15, 0.2) is 174 Å². The summed E-state index contributed by atoms with van der Waals surface area (Å²) in [7, 11) is 1.70. The predicted octanol–water partition coefficient (Wildman–Crippen LogP) is 12.7. The Bertz CT molecular complexity index is 2730. The van der Waals surface area contributed by atoms with Crippen LogP contribution in [0, 0.1) is 6.92 Å². The molecule has 248 valence electrons. The SMILES string of the molecule is COc1ccccc1-c1cc(-c2ccccc2)cc(-c2cccc(-c3cc(-c4cccc5c4oc4c(-c6ccccc6)cccc45)cc(C)n3)c2)n1. The maximum absolute atomic E-state index is 6.76. The predicted molar refractivity (Wildman–Crippen MR) is 213 cm³/mol. The van der Waals surface area contributed by atoms with Gasteiger partial charge in [0.1, 0.15) is 16.9 Å². The van der Waals surface area contributed by atoms with Crippen LogP contribution in [-0.4, -0.2) is 17.1 Å². The molecule has 9 aromatic rings. The van der Waals surface area contributed by atoms with Gasteiger partial charge in [-0.1, -0.05) is 127 Å². The molecule has 0 amide bonds. The molecule has 6 aromatic carbocycles. The summed E-state index contributed by atoms with van der Waals surface area (Å²) in [6.07, 6.45) is 0. The van der Waals surface area contributed by atoms with Crippen molar-refractivity contribution < 1.29 is 9.15 Å². The molecule has 3 heterocycles. The molecule has 0 bridgehead atoms. The highest BCUT2D eigenvalue weighted by molar-refractivity contribution is 6.13. The molecule has 0 atom stereocenters. The minimum Gasteiger partial charge on any atom is -0.496 e. The Kier molecular flexibility index (Phi) is 7.90. The van der Waals surface area contributed by atoms with Gasteiger partial charge in [-0.2, -0.15) is 0 Å². The highest BCUT2D eigenvalue weighted by Crippen LogP contribution is 2.41. The van der Waals surface area contributed by atoms with Crippen molar-refractivity contribution in [3.8, 4) is 72.9 Å². The third kappa shape index (κ3) is 5.70. The molecular weight excluding hydrogens is 637 g/mol. The molecule has 0 N–H and O–H groups in total. The second kappa shape index (κ2) is 13.2. The summed E-state index contributed by atoms with van der Waals surface area (Å²) in [5.41, 5.74) is 14.8. The number of ether oxygens (including phenoxy) is 1. The van der Waals surface area contributed by atoms with E-state index in [9.17, 15) is 0 Å². The zero-order chi connectivity index (χ0) is 35.0. The van der Waals surface area contributed by atoms with E-state index in [1.54, 1.807) is 7.11 Å². The van der Waals surface area contributed by atoms with Crippen molar-refractivity contribution in [3.05, 3.63) is 176 Å². The van der Waals surface area contributed by atoms with Crippen LogP contribution < -0.4 is 4.74 Å². The topological polar surface area (TPSA) is 48.2 Å². The summed E-state index contributed by atoms with van der Waals surface area (Å²) in [5.74, 6) is 0.784. The number of nitrogens with zero attached hydrogens (tertiary/aromatic N) is 2. The molecule has 0 saturated carbocycles. The lowest BCUT2D eigenvalue weighted by atomic mass is 9.97. The van der Waals surface area contributed by atoms with Gasteiger partial charge in [0.05, 0.1) is 24.2 Å². The second-order valence-corrected chi connectivity index (χ2v) is 13.0. The normalized spacial score (nSPS) is 11.3. The Morgan fingerprint density at radius 3 is 1.62 bits per heavy atom. The van der Waals surface area contributed by atoms with Crippen molar-refractivity contribution in [2.24, 2.45) is 0 Å². The van der Waals surface area contributed by atoms with Crippen LogP contribution in [0.5, 0.6) is 5.75 Å². The van der Waals surface area contributed by atoms with Crippen LogP contribution >= 0.6 is 0 Å². The maximum atomic E-state index is 6.76. The van der Waals surface area contributed by atoms with Crippen molar-refractivity contribution in [2.75, 3.05) is 7.11 Å². The minimum absolute atomic E-state index is 0.784. The number of pyridine rings is 2. The summed E-state index contributed by atoms with van der Waals surface area (Å²) in [6, 6.07) is 58.7. The fourth-order valence-corrected chi connectivity index (χ4v) is 7.17. The quantitative estimate of drug-likeness (QED) is 0.169. The summed E-state index contributed by atoms with van der Waals surface area (Å²) in [5, 5.41) is 2.20. The van der Waals surface area contributed by atoms with E-state index in [0.29, 0.717) is 0 Å². The third-order valence-electron chi connectivity index (χ3n) is 9.64. The molecule has 0 radical (unpaired) electrons. The Balaban J connectivity index is 1.16. The Labute approximate surface area is 302 Å². The third-order valence-corrected chi connectivity index (χ3v) is 9.64. The molecule has 0 spiro atoms. The molecule has 0 saturated heterocycles. The number of benzene rings is 6. The molecule has 9 rings (SSSR count). The first-order valence-corrected chi connectivity index (χ1v) is 17.4. The average molecular weight is 671 g/mol. The summed E-state index contributed by atoms with van der Waals surface area (Å²) < 4.78 is 12.5. The number of hydrogen-bond donors (Lipinski definition) is 0. The molecule has 0 fully saturated rings. The lowest BCUT2D eigenvalue weighted by molar-refractivity contribution is 0.416. The number of rotatable bonds is 7. The first-order valence-electron chi connectivity index (χ1n) is 17.4. The van der Waals surface area contributed by atoms with Crippen LogP contribution in [0.2, 0.25) is 0 Å². The number of aryl methyl sites for hydroxylation is 1. The fourth-order valence-electron chi connectivity index (χ4n) is 7.17. The lowest BCUT2D eigenvalue weighted by Gasteiger charge is -2.13. The largest absolute Gasteiger partial charge is 0.496 e. The van der Waals surface area contributed by atoms with Gasteiger partial charge >= 0.3 is 0 Å². The molecule has 4 heteroatoms. The van der Waals surface area contributed by atoms with Gasteiger partial charge in [0.2, 0.25) is 0 Å².